The summed E-state index contributed by atoms with van der Waals surface area (Å²) in [7, 11) is 0. The summed E-state index contributed by atoms with van der Waals surface area (Å²) in [6, 6.07) is 10.3. The molecular weight excluding hydrogens is 292 g/mol. The van der Waals surface area contributed by atoms with Gasteiger partial charge in [0.1, 0.15) is 18.9 Å². The van der Waals surface area contributed by atoms with Crippen molar-refractivity contribution in [1.82, 2.24) is 0 Å². The van der Waals surface area contributed by atoms with Crippen LogP contribution in [-0.2, 0) is 0 Å². The van der Waals surface area contributed by atoms with E-state index in [4.69, 9.17) is 15.2 Å². The number of para-hydroxylation sites is 1. The van der Waals surface area contributed by atoms with Crippen molar-refractivity contribution in [3.63, 3.8) is 0 Å². The topological polar surface area (TPSA) is 87.6 Å². The number of anilines is 1. The Bertz CT molecular complexity index is 705. The number of hydrogen-bond acceptors (Lipinski definition) is 6. The van der Waals surface area contributed by atoms with Crippen LogP contribution >= 0.6 is 11.8 Å². The number of nitrogens with two attached hydrogens (primary N) is 1. The van der Waals surface area contributed by atoms with Crippen LogP contribution in [0.2, 0.25) is 0 Å². The highest BCUT2D eigenvalue weighted by atomic mass is 32.2. The lowest BCUT2D eigenvalue weighted by molar-refractivity contribution is -0.386. The number of nitrogen functional groups attached to an aromatic ring is 1. The Morgan fingerprint density at radius 2 is 1.90 bits per heavy atom. The van der Waals surface area contributed by atoms with E-state index in [0.717, 1.165) is 4.90 Å². The molecule has 0 spiro atoms. The van der Waals surface area contributed by atoms with Gasteiger partial charge in [0.05, 0.1) is 9.82 Å². The molecule has 0 fully saturated rings. The number of ether oxygens (including phenoxy) is 2. The third-order valence-electron chi connectivity index (χ3n) is 2.95. The van der Waals surface area contributed by atoms with Crippen LogP contribution in [0.4, 0.5) is 11.4 Å². The minimum absolute atomic E-state index is 0.0719. The molecule has 6 nitrogen and oxygen atoms in total. The van der Waals surface area contributed by atoms with Gasteiger partial charge in [-0.15, -0.1) is 0 Å². The van der Waals surface area contributed by atoms with Gasteiger partial charge in [0, 0.05) is 4.90 Å². The number of rotatable bonds is 3. The maximum Gasteiger partial charge on any atom is 0.305 e. The third-order valence-corrected chi connectivity index (χ3v) is 3.99. The van der Waals surface area contributed by atoms with Crippen molar-refractivity contribution in [1.29, 1.82) is 0 Å². The second kappa shape index (κ2) is 5.53. The minimum atomic E-state index is -0.463. The largest absolute Gasteiger partial charge is 0.486 e. The summed E-state index contributed by atoms with van der Waals surface area (Å²) < 4.78 is 11.0. The van der Waals surface area contributed by atoms with Gasteiger partial charge in [-0.05, 0) is 30.3 Å². The van der Waals surface area contributed by atoms with Crippen LogP contribution in [0.15, 0.2) is 46.2 Å². The molecule has 1 heterocycles. The first-order valence-corrected chi connectivity index (χ1v) is 7.07. The zero-order valence-electron chi connectivity index (χ0n) is 10.9. The number of nitro benzene ring substituents is 1. The van der Waals surface area contributed by atoms with E-state index in [0.29, 0.717) is 29.6 Å². The second-order valence-corrected chi connectivity index (χ2v) is 5.47. The van der Waals surface area contributed by atoms with Crippen LogP contribution in [0.25, 0.3) is 0 Å². The Hall–Kier alpha value is -2.41. The van der Waals surface area contributed by atoms with Crippen LogP contribution in [0.3, 0.4) is 0 Å². The highest BCUT2D eigenvalue weighted by Gasteiger charge is 2.19. The van der Waals surface area contributed by atoms with Crippen LogP contribution in [-0.4, -0.2) is 18.1 Å². The van der Waals surface area contributed by atoms with Crippen LogP contribution in [0.5, 0.6) is 11.5 Å². The Balaban J connectivity index is 1.94. The first kappa shape index (κ1) is 13.6. The molecule has 108 valence electrons. The zero-order valence-corrected chi connectivity index (χ0v) is 11.8. The number of benzene rings is 2. The molecule has 2 aromatic rings. The van der Waals surface area contributed by atoms with Crippen molar-refractivity contribution in [2.45, 2.75) is 9.79 Å². The Labute approximate surface area is 125 Å². The molecule has 0 atom stereocenters. The predicted octanol–water partition coefficient (Wildman–Crippen LogP) is 3.10. The molecule has 0 saturated heterocycles. The maximum atomic E-state index is 11.1. The molecule has 0 aromatic heterocycles. The van der Waals surface area contributed by atoms with Gasteiger partial charge in [0.2, 0.25) is 0 Å². The van der Waals surface area contributed by atoms with Crippen LogP contribution in [0, 0.1) is 10.1 Å². The Kier molecular flexibility index (Phi) is 3.57. The lowest BCUT2D eigenvalue weighted by Crippen LogP contribution is -2.15. The number of fused-ring (bicyclic) bond motifs is 1. The Morgan fingerprint density at radius 1 is 1.14 bits per heavy atom. The molecule has 21 heavy (non-hydrogen) atoms. The van der Waals surface area contributed by atoms with Crippen molar-refractivity contribution in [3.05, 3.63) is 46.5 Å². The van der Waals surface area contributed by atoms with Crippen LogP contribution in [0.1, 0.15) is 0 Å². The van der Waals surface area contributed by atoms with E-state index in [1.807, 2.05) is 12.1 Å². The van der Waals surface area contributed by atoms with Crippen molar-refractivity contribution in [2.24, 2.45) is 0 Å². The molecule has 3 rings (SSSR count). The minimum Gasteiger partial charge on any atom is -0.486 e. The first-order valence-electron chi connectivity index (χ1n) is 6.25. The molecular formula is C14H12N2O4S. The van der Waals surface area contributed by atoms with Gasteiger partial charge in [0.15, 0.2) is 11.5 Å². The molecule has 2 aromatic carbocycles. The molecule has 1 aliphatic heterocycles. The van der Waals surface area contributed by atoms with E-state index in [2.05, 4.69) is 0 Å². The average molecular weight is 304 g/mol. The quantitative estimate of drug-likeness (QED) is 0.532. The van der Waals surface area contributed by atoms with E-state index < -0.39 is 4.92 Å². The highest BCUT2D eigenvalue weighted by molar-refractivity contribution is 7.99. The summed E-state index contributed by atoms with van der Waals surface area (Å²) in [6.07, 6.45) is 0. The number of hydrogen-bond donors (Lipinski definition) is 1. The van der Waals surface area contributed by atoms with Crippen LogP contribution < -0.4 is 15.2 Å². The normalized spacial score (nSPS) is 13.0. The van der Waals surface area contributed by atoms with Crippen molar-refractivity contribution < 1.29 is 14.4 Å². The molecule has 2 N–H and O–H groups in total. The molecule has 1 aliphatic rings. The van der Waals surface area contributed by atoms with E-state index in [-0.39, 0.29) is 11.4 Å². The van der Waals surface area contributed by atoms with Gasteiger partial charge >= 0.3 is 5.69 Å². The Morgan fingerprint density at radius 3 is 2.67 bits per heavy atom. The van der Waals surface area contributed by atoms with Gasteiger partial charge in [0.25, 0.3) is 0 Å². The van der Waals surface area contributed by atoms with Crippen molar-refractivity contribution in [3.8, 4) is 11.5 Å². The highest BCUT2D eigenvalue weighted by Crippen LogP contribution is 2.41. The van der Waals surface area contributed by atoms with E-state index in [9.17, 15) is 10.1 Å². The standard InChI is InChI=1S/C14H12N2O4S/c15-10-2-1-3-13(14(10)16(17)18)21-9-4-5-11-12(8-9)20-7-6-19-11/h1-5,8H,6-7,15H2. The van der Waals surface area contributed by atoms with Crippen molar-refractivity contribution in [2.75, 3.05) is 18.9 Å². The van der Waals surface area contributed by atoms with Gasteiger partial charge in [-0.2, -0.15) is 0 Å². The van der Waals surface area contributed by atoms with Gasteiger partial charge in [-0.3, -0.25) is 10.1 Å². The molecule has 7 heteroatoms. The molecule has 0 radical (unpaired) electrons. The van der Waals surface area contributed by atoms with Gasteiger partial charge in [-0.1, -0.05) is 17.8 Å². The fourth-order valence-corrected chi connectivity index (χ4v) is 3.02. The molecule has 0 bridgehead atoms. The van der Waals surface area contributed by atoms with Gasteiger partial charge < -0.3 is 15.2 Å². The summed E-state index contributed by atoms with van der Waals surface area (Å²) >= 11 is 1.27. The summed E-state index contributed by atoms with van der Waals surface area (Å²) in [6.45, 7) is 1.03. The molecule has 0 amide bonds. The van der Waals surface area contributed by atoms with E-state index in [1.54, 1.807) is 18.2 Å². The molecule has 0 unspecified atom stereocenters. The summed E-state index contributed by atoms with van der Waals surface area (Å²) in [5.41, 5.74) is 5.77. The van der Waals surface area contributed by atoms with Gasteiger partial charge in [-0.25, -0.2) is 0 Å². The molecule has 0 aliphatic carbocycles. The first-order chi connectivity index (χ1) is 10.1. The fourth-order valence-electron chi connectivity index (χ4n) is 2.03. The maximum absolute atomic E-state index is 11.1. The summed E-state index contributed by atoms with van der Waals surface area (Å²) in [4.78, 5) is 12.0. The smallest absolute Gasteiger partial charge is 0.305 e. The van der Waals surface area contributed by atoms with E-state index >= 15 is 0 Å². The number of nitro groups is 1. The average Bonchev–Trinajstić information content (AvgIpc) is 2.47. The lowest BCUT2D eigenvalue weighted by atomic mass is 10.3. The summed E-state index contributed by atoms with van der Waals surface area (Å²) in [5, 5.41) is 11.1. The summed E-state index contributed by atoms with van der Waals surface area (Å²) in [5.74, 6) is 1.34. The van der Waals surface area contributed by atoms with E-state index in [1.165, 1.54) is 17.8 Å². The molecule has 0 saturated carbocycles. The van der Waals surface area contributed by atoms with Crippen molar-refractivity contribution >= 4 is 23.1 Å². The third kappa shape index (κ3) is 2.73. The monoisotopic (exact) mass is 304 g/mol. The zero-order chi connectivity index (χ0) is 14.8. The lowest BCUT2D eigenvalue weighted by Gasteiger charge is -2.18. The number of nitrogens with zero attached hydrogens (tertiary/aromatic N) is 1. The fraction of sp³-hybridized carbons (Fsp3) is 0.143. The SMILES string of the molecule is Nc1cccc(Sc2ccc3c(c2)OCCO3)c1[N+](=O)[O-]. The predicted molar refractivity (Wildman–Crippen MR) is 79.1 cm³/mol. The second-order valence-electron chi connectivity index (χ2n) is 4.36.